The molecule has 0 radical (unpaired) electrons. The molecule has 1 aliphatic rings. The molecule has 2 heterocycles. The van der Waals surface area contributed by atoms with Gasteiger partial charge in [-0.15, -0.1) is 0 Å². The van der Waals surface area contributed by atoms with Gasteiger partial charge in [-0.05, 0) is 32.9 Å². The van der Waals surface area contributed by atoms with Crippen LogP contribution >= 0.6 is 0 Å². The van der Waals surface area contributed by atoms with Crippen molar-refractivity contribution in [1.82, 2.24) is 24.3 Å². The Labute approximate surface area is 154 Å². The van der Waals surface area contributed by atoms with E-state index in [1.165, 1.54) is 6.07 Å². The summed E-state index contributed by atoms with van der Waals surface area (Å²) < 4.78 is 16.2. The molecule has 1 aromatic carbocycles. The van der Waals surface area contributed by atoms with Crippen LogP contribution in [0.25, 0.3) is 11.0 Å². The summed E-state index contributed by atoms with van der Waals surface area (Å²) in [6.45, 7) is 9.82. The number of benzene rings is 1. The molecular formula is C19H28FN5O. The fourth-order valence-electron chi connectivity index (χ4n) is 3.73. The standard InChI is InChI=1S/C19H28FN5O/c1-6-25-15-9-7-8-14(20)17(15)21-16(25)12-24-11-10-23(13-19(24,2)3)18(26)22(4)5/h7-9H,6,10-13H2,1-5H3. The van der Waals surface area contributed by atoms with Crippen molar-refractivity contribution in [1.29, 1.82) is 0 Å². The molecule has 1 aliphatic heterocycles. The molecule has 0 unspecified atom stereocenters. The average Bonchev–Trinajstić information content (AvgIpc) is 2.94. The smallest absolute Gasteiger partial charge is 0.319 e. The van der Waals surface area contributed by atoms with Crippen molar-refractivity contribution in [3.8, 4) is 0 Å². The van der Waals surface area contributed by atoms with Crippen molar-refractivity contribution in [2.45, 2.75) is 39.4 Å². The molecule has 0 atom stereocenters. The lowest BCUT2D eigenvalue weighted by molar-refractivity contribution is 0.0223. The number of amides is 2. The Morgan fingerprint density at radius 1 is 1.31 bits per heavy atom. The number of hydrogen-bond acceptors (Lipinski definition) is 3. The van der Waals surface area contributed by atoms with Crippen LogP contribution in [0.1, 0.15) is 26.6 Å². The number of para-hydroxylation sites is 1. The zero-order chi connectivity index (χ0) is 19.1. The normalized spacial score (nSPS) is 17.7. The summed E-state index contributed by atoms with van der Waals surface area (Å²) in [5.74, 6) is 0.588. The number of carbonyl (C=O) groups excluding carboxylic acids is 1. The number of nitrogens with zero attached hydrogens (tertiary/aromatic N) is 5. The molecule has 142 valence electrons. The van der Waals surface area contributed by atoms with Gasteiger partial charge in [0.25, 0.3) is 0 Å². The Hall–Kier alpha value is -2.15. The van der Waals surface area contributed by atoms with E-state index >= 15 is 0 Å². The molecule has 6 nitrogen and oxygen atoms in total. The van der Waals surface area contributed by atoms with Crippen LogP contribution < -0.4 is 0 Å². The highest BCUT2D eigenvalue weighted by molar-refractivity contribution is 5.76. The molecule has 0 bridgehead atoms. The van der Waals surface area contributed by atoms with Crippen molar-refractivity contribution in [2.75, 3.05) is 33.7 Å². The summed E-state index contributed by atoms with van der Waals surface area (Å²) >= 11 is 0. The lowest BCUT2D eigenvalue weighted by Crippen LogP contribution is -2.61. The van der Waals surface area contributed by atoms with Gasteiger partial charge in [0.1, 0.15) is 11.3 Å². The Kier molecular flexibility index (Phi) is 4.92. The number of carbonyl (C=O) groups is 1. The second-order valence-corrected chi connectivity index (χ2v) is 7.71. The van der Waals surface area contributed by atoms with Gasteiger partial charge in [-0.25, -0.2) is 14.2 Å². The summed E-state index contributed by atoms with van der Waals surface area (Å²) in [5.41, 5.74) is 1.09. The average molecular weight is 361 g/mol. The second kappa shape index (κ2) is 6.87. The number of halogens is 1. The maximum Gasteiger partial charge on any atom is 0.319 e. The summed E-state index contributed by atoms with van der Waals surface area (Å²) in [6.07, 6.45) is 0. The van der Waals surface area contributed by atoms with Gasteiger partial charge in [0.05, 0.1) is 12.1 Å². The van der Waals surface area contributed by atoms with Gasteiger partial charge in [0.15, 0.2) is 5.82 Å². The molecule has 1 saturated heterocycles. The van der Waals surface area contributed by atoms with Crippen molar-refractivity contribution in [3.63, 3.8) is 0 Å². The molecule has 26 heavy (non-hydrogen) atoms. The van der Waals surface area contributed by atoms with Gasteiger partial charge >= 0.3 is 6.03 Å². The monoisotopic (exact) mass is 361 g/mol. The fourth-order valence-corrected chi connectivity index (χ4v) is 3.73. The lowest BCUT2D eigenvalue weighted by Gasteiger charge is -2.47. The zero-order valence-electron chi connectivity index (χ0n) is 16.3. The predicted molar refractivity (Wildman–Crippen MR) is 101 cm³/mol. The van der Waals surface area contributed by atoms with Crippen LogP contribution in [0.4, 0.5) is 9.18 Å². The fraction of sp³-hybridized carbons (Fsp3) is 0.579. The maximum absolute atomic E-state index is 14.1. The minimum absolute atomic E-state index is 0.0422. The van der Waals surface area contributed by atoms with E-state index in [4.69, 9.17) is 0 Å². The van der Waals surface area contributed by atoms with Crippen molar-refractivity contribution < 1.29 is 9.18 Å². The zero-order valence-corrected chi connectivity index (χ0v) is 16.3. The molecule has 1 fully saturated rings. The van der Waals surface area contributed by atoms with Gasteiger partial charge in [0.2, 0.25) is 0 Å². The summed E-state index contributed by atoms with van der Waals surface area (Å²) in [4.78, 5) is 22.7. The number of piperazine rings is 1. The third kappa shape index (κ3) is 3.28. The van der Waals surface area contributed by atoms with Gasteiger partial charge in [-0.1, -0.05) is 6.07 Å². The minimum atomic E-state index is -0.281. The summed E-state index contributed by atoms with van der Waals surface area (Å²) in [6, 6.07) is 5.14. The van der Waals surface area contributed by atoms with Crippen LogP contribution in [0.5, 0.6) is 0 Å². The first-order valence-corrected chi connectivity index (χ1v) is 9.09. The molecule has 0 N–H and O–H groups in total. The number of urea groups is 1. The van der Waals surface area contributed by atoms with Crippen LogP contribution in [0.3, 0.4) is 0 Å². The first kappa shape index (κ1) is 18.6. The molecule has 0 aliphatic carbocycles. The van der Waals surface area contributed by atoms with E-state index in [1.807, 2.05) is 17.9 Å². The Morgan fingerprint density at radius 2 is 2.04 bits per heavy atom. The van der Waals surface area contributed by atoms with Gasteiger partial charge < -0.3 is 14.4 Å². The van der Waals surface area contributed by atoms with Gasteiger partial charge in [-0.2, -0.15) is 0 Å². The molecule has 0 spiro atoms. The topological polar surface area (TPSA) is 44.6 Å². The van der Waals surface area contributed by atoms with Gasteiger partial charge in [-0.3, -0.25) is 4.90 Å². The van der Waals surface area contributed by atoms with Crippen molar-refractivity contribution >= 4 is 17.1 Å². The highest BCUT2D eigenvalue weighted by atomic mass is 19.1. The Bertz CT molecular complexity index is 814. The number of imidazole rings is 1. The molecule has 2 aromatic rings. The Balaban J connectivity index is 1.84. The van der Waals surface area contributed by atoms with E-state index < -0.39 is 0 Å². The predicted octanol–water partition coefficient (Wildman–Crippen LogP) is 2.77. The van der Waals surface area contributed by atoms with E-state index in [-0.39, 0.29) is 17.4 Å². The Morgan fingerprint density at radius 3 is 2.65 bits per heavy atom. The van der Waals surface area contributed by atoms with Crippen LogP contribution in [0.15, 0.2) is 18.2 Å². The molecular weight excluding hydrogens is 333 g/mol. The van der Waals surface area contributed by atoms with E-state index in [0.29, 0.717) is 25.2 Å². The van der Waals surface area contributed by atoms with Crippen LogP contribution in [-0.4, -0.2) is 69.6 Å². The van der Waals surface area contributed by atoms with Crippen molar-refractivity contribution in [3.05, 3.63) is 29.8 Å². The molecule has 7 heteroatoms. The first-order valence-electron chi connectivity index (χ1n) is 9.09. The van der Waals surface area contributed by atoms with Gasteiger partial charge in [0, 0.05) is 45.8 Å². The highest BCUT2D eigenvalue weighted by Gasteiger charge is 2.36. The number of rotatable bonds is 3. The van der Waals surface area contributed by atoms with Crippen LogP contribution in [-0.2, 0) is 13.1 Å². The largest absolute Gasteiger partial charge is 0.331 e. The molecule has 3 rings (SSSR count). The van der Waals surface area contributed by atoms with Crippen molar-refractivity contribution in [2.24, 2.45) is 0 Å². The van der Waals surface area contributed by atoms with E-state index in [2.05, 4.69) is 28.3 Å². The third-order valence-corrected chi connectivity index (χ3v) is 5.18. The highest BCUT2D eigenvalue weighted by Crippen LogP contribution is 2.26. The van der Waals surface area contributed by atoms with Crippen LogP contribution in [0, 0.1) is 5.82 Å². The quantitative estimate of drug-likeness (QED) is 0.844. The SMILES string of the molecule is CCn1c(CN2CCN(C(=O)N(C)C)CC2(C)C)nc2c(F)cccc21. The molecule has 2 amide bonds. The number of aryl methyl sites for hydroxylation is 1. The summed E-state index contributed by atoms with van der Waals surface area (Å²) in [7, 11) is 3.56. The molecule has 1 aromatic heterocycles. The number of fused-ring (bicyclic) bond motifs is 1. The number of aromatic nitrogens is 2. The van der Waals surface area contributed by atoms with E-state index in [9.17, 15) is 9.18 Å². The minimum Gasteiger partial charge on any atom is -0.331 e. The van der Waals surface area contributed by atoms with E-state index in [0.717, 1.165) is 24.4 Å². The molecule has 0 saturated carbocycles. The second-order valence-electron chi connectivity index (χ2n) is 7.71. The van der Waals surface area contributed by atoms with E-state index in [1.54, 1.807) is 25.1 Å². The summed E-state index contributed by atoms with van der Waals surface area (Å²) in [5, 5.41) is 0. The third-order valence-electron chi connectivity index (χ3n) is 5.18. The van der Waals surface area contributed by atoms with Crippen LogP contribution in [0.2, 0.25) is 0 Å². The maximum atomic E-state index is 14.1. The number of hydrogen-bond donors (Lipinski definition) is 0. The first-order chi connectivity index (χ1) is 12.2. The lowest BCUT2D eigenvalue weighted by atomic mass is 9.99.